The number of benzene rings is 8. The lowest BCUT2D eigenvalue weighted by Crippen LogP contribution is -2.09. The van der Waals surface area contributed by atoms with Gasteiger partial charge in [0.2, 0.25) is 0 Å². The van der Waals surface area contributed by atoms with Crippen LogP contribution >= 0.6 is 0 Å². The van der Waals surface area contributed by atoms with Crippen LogP contribution in [0.3, 0.4) is 0 Å². The van der Waals surface area contributed by atoms with Gasteiger partial charge in [-0.2, -0.15) is 0 Å². The lowest BCUT2D eigenvalue weighted by molar-refractivity contribution is 1.19. The molecule has 0 aliphatic heterocycles. The number of para-hydroxylation sites is 1. The fraction of sp³-hybridized carbons (Fsp3) is 0. The largest absolute Gasteiger partial charge is 0.310 e. The van der Waals surface area contributed by atoms with Crippen molar-refractivity contribution in [2.75, 3.05) is 4.90 Å². The highest BCUT2D eigenvalue weighted by molar-refractivity contribution is 6.25. The number of imidazole rings is 1. The van der Waals surface area contributed by atoms with E-state index in [0.717, 1.165) is 45.2 Å². The van der Waals surface area contributed by atoms with Crippen LogP contribution in [0.15, 0.2) is 200 Å². The summed E-state index contributed by atoms with van der Waals surface area (Å²) >= 11 is 0. The molecular formula is C49H33N3. The van der Waals surface area contributed by atoms with Crippen LogP contribution in [0.25, 0.3) is 71.6 Å². The van der Waals surface area contributed by atoms with E-state index in [1.54, 1.807) is 0 Å². The maximum Gasteiger partial charge on any atom is 0.137 e. The van der Waals surface area contributed by atoms with Crippen LogP contribution in [-0.4, -0.2) is 9.38 Å². The van der Waals surface area contributed by atoms with E-state index in [-0.39, 0.29) is 0 Å². The Balaban J connectivity index is 1.08. The maximum atomic E-state index is 5.10. The van der Waals surface area contributed by atoms with Gasteiger partial charge in [0.1, 0.15) is 5.65 Å². The van der Waals surface area contributed by atoms with Gasteiger partial charge >= 0.3 is 0 Å². The Bertz CT molecular complexity index is 2860. The summed E-state index contributed by atoms with van der Waals surface area (Å²) in [6.45, 7) is 0. The van der Waals surface area contributed by atoms with E-state index in [2.05, 4.69) is 204 Å². The lowest BCUT2D eigenvalue weighted by Gasteiger charge is -2.26. The molecule has 0 amide bonds. The number of pyridine rings is 1. The first-order valence-electron chi connectivity index (χ1n) is 17.7. The van der Waals surface area contributed by atoms with Gasteiger partial charge in [-0.05, 0) is 98.0 Å². The Hall–Kier alpha value is -6.97. The molecule has 3 nitrogen and oxygen atoms in total. The number of nitrogens with zero attached hydrogens (tertiary/aromatic N) is 3. The molecule has 244 valence electrons. The van der Waals surface area contributed by atoms with Crippen LogP contribution in [0.5, 0.6) is 0 Å². The fourth-order valence-electron chi connectivity index (χ4n) is 7.77. The third-order valence-corrected chi connectivity index (χ3v) is 10.2. The van der Waals surface area contributed by atoms with E-state index in [1.807, 2.05) is 6.07 Å². The average molecular weight is 664 g/mol. The van der Waals surface area contributed by atoms with Crippen molar-refractivity contribution in [3.8, 4) is 33.6 Å². The van der Waals surface area contributed by atoms with Crippen molar-refractivity contribution >= 4 is 55.0 Å². The second-order valence-corrected chi connectivity index (χ2v) is 13.2. The number of hydrogen-bond acceptors (Lipinski definition) is 2. The Morgan fingerprint density at radius 2 is 0.865 bits per heavy atom. The third-order valence-electron chi connectivity index (χ3n) is 10.2. The smallest absolute Gasteiger partial charge is 0.137 e. The van der Waals surface area contributed by atoms with Gasteiger partial charge < -0.3 is 4.90 Å². The van der Waals surface area contributed by atoms with Crippen molar-refractivity contribution in [3.05, 3.63) is 200 Å². The first kappa shape index (κ1) is 29.9. The molecule has 2 aromatic heterocycles. The molecule has 0 fully saturated rings. The molecule has 0 N–H and O–H groups in total. The molecule has 52 heavy (non-hydrogen) atoms. The average Bonchev–Trinajstić information content (AvgIpc) is 3.62. The van der Waals surface area contributed by atoms with Gasteiger partial charge in [0, 0.05) is 34.4 Å². The van der Waals surface area contributed by atoms with E-state index in [4.69, 9.17) is 4.98 Å². The van der Waals surface area contributed by atoms with Crippen molar-refractivity contribution < 1.29 is 0 Å². The minimum absolute atomic E-state index is 0.929. The molecule has 0 saturated carbocycles. The summed E-state index contributed by atoms with van der Waals surface area (Å²) < 4.78 is 2.18. The Morgan fingerprint density at radius 3 is 1.58 bits per heavy atom. The number of fused-ring (bicyclic) bond motifs is 7. The molecule has 0 radical (unpaired) electrons. The van der Waals surface area contributed by atoms with Gasteiger partial charge in [-0.15, -0.1) is 0 Å². The number of hydrogen-bond donors (Lipinski definition) is 0. The van der Waals surface area contributed by atoms with Crippen molar-refractivity contribution in [1.29, 1.82) is 0 Å². The SMILES string of the molecule is c1ccc(-c2c(-c3ccc(N(c4ccccc4)c4cccc(-c5ccc6c7ccccc7c7ccccc7c6c5)c4)cc3)nc3ccccn23)cc1. The molecule has 0 spiro atoms. The van der Waals surface area contributed by atoms with Crippen molar-refractivity contribution in [3.63, 3.8) is 0 Å². The Morgan fingerprint density at radius 1 is 0.346 bits per heavy atom. The maximum absolute atomic E-state index is 5.10. The summed E-state index contributed by atoms with van der Waals surface area (Å²) in [4.78, 5) is 7.43. The molecule has 2 heterocycles. The van der Waals surface area contributed by atoms with Crippen LogP contribution < -0.4 is 4.90 Å². The minimum Gasteiger partial charge on any atom is -0.310 e. The highest BCUT2D eigenvalue weighted by atomic mass is 15.1. The Labute approximate surface area is 302 Å². The molecule has 0 aliphatic carbocycles. The quantitative estimate of drug-likeness (QED) is 0.165. The van der Waals surface area contributed by atoms with Crippen LogP contribution in [0.4, 0.5) is 17.1 Å². The highest BCUT2D eigenvalue weighted by Crippen LogP contribution is 2.41. The van der Waals surface area contributed by atoms with Crippen LogP contribution in [-0.2, 0) is 0 Å². The van der Waals surface area contributed by atoms with Crippen molar-refractivity contribution in [1.82, 2.24) is 9.38 Å². The lowest BCUT2D eigenvalue weighted by atomic mass is 9.92. The minimum atomic E-state index is 0.929. The van der Waals surface area contributed by atoms with Gasteiger partial charge in [-0.3, -0.25) is 4.40 Å². The topological polar surface area (TPSA) is 20.5 Å². The summed E-state index contributed by atoms with van der Waals surface area (Å²) in [5.41, 5.74) is 10.8. The molecular weight excluding hydrogens is 631 g/mol. The van der Waals surface area contributed by atoms with Gasteiger partial charge in [0.15, 0.2) is 0 Å². The first-order chi connectivity index (χ1) is 25.8. The zero-order valence-electron chi connectivity index (χ0n) is 28.4. The third kappa shape index (κ3) is 5.02. The molecule has 0 atom stereocenters. The van der Waals surface area contributed by atoms with Gasteiger partial charge in [0.25, 0.3) is 0 Å². The van der Waals surface area contributed by atoms with E-state index < -0.39 is 0 Å². The zero-order valence-corrected chi connectivity index (χ0v) is 28.4. The summed E-state index contributed by atoms with van der Waals surface area (Å²) in [5.74, 6) is 0. The van der Waals surface area contributed by atoms with Crippen molar-refractivity contribution in [2.24, 2.45) is 0 Å². The fourth-order valence-corrected chi connectivity index (χ4v) is 7.77. The summed E-state index contributed by atoms with van der Waals surface area (Å²) in [6.07, 6.45) is 2.09. The van der Waals surface area contributed by atoms with Gasteiger partial charge in [-0.1, -0.05) is 140 Å². The monoisotopic (exact) mass is 663 g/mol. The highest BCUT2D eigenvalue weighted by Gasteiger charge is 2.18. The van der Waals surface area contributed by atoms with Gasteiger partial charge in [0.05, 0.1) is 11.4 Å². The van der Waals surface area contributed by atoms with Crippen LogP contribution in [0, 0.1) is 0 Å². The first-order valence-corrected chi connectivity index (χ1v) is 17.7. The molecule has 10 aromatic rings. The van der Waals surface area contributed by atoms with Crippen molar-refractivity contribution in [2.45, 2.75) is 0 Å². The molecule has 3 heteroatoms. The molecule has 10 rings (SSSR count). The molecule has 0 bridgehead atoms. The molecule has 8 aromatic carbocycles. The molecule has 0 unspecified atom stereocenters. The predicted molar refractivity (Wildman–Crippen MR) is 219 cm³/mol. The number of rotatable bonds is 6. The second kappa shape index (κ2) is 12.4. The standard InChI is InChI=1S/C49H33N3/c1-3-14-35(15-4-1)49-48(50-47-24-11-12-31-51(47)49)34-25-28-39(29-26-34)52(38-17-5-2-6-18-38)40-19-13-16-36(32-40)37-27-30-45-43-22-8-7-20-41(43)42-21-9-10-23-44(42)46(45)33-37/h1-33H. The van der Waals surface area contributed by atoms with Gasteiger partial charge in [-0.25, -0.2) is 4.98 Å². The summed E-state index contributed by atoms with van der Waals surface area (Å²) in [7, 11) is 0. The normalized spacial score (nSPS) is 11.5. The number of anilines is 3. The summed E-state index contributed by atoms with van der Waals surface area (Å²) in [6, 6.07) is 69.4. The Kier molecular flexibility index (Phi) is 7.14. The van der Waals surface area contributed by atoms with E-state index >= 15 is 0 Å². The number of aromatic nitrogens is 2. The van der Waals surface area contributed by atoms with E-state index in [1.165, 1.54) is 43.4 Å². The van der Waals surface area contributed by atoms with E-state index in [0.29, 0.717) is 0 Å². The molecule has 0 saturated heterocycles. The van der Waals surface area contributed by atoms with Crippen LogP contribution in [0.1, 0.15) is 0 Å². The molecule has 0 aliphatic rings. The summed E-state index contributed by atoms with van der Waals surface area (Å²) in [5, 5.41) is 7.70. The van der Waals surface area contributed by atoms with E-state index in [9.17, 15) is 0 Å². The predicted octanol–water partition coefficient (Wildman–Crippen LogP) is 13.3. The van der Waals surface area contributed by atoms with Crippen LogP contribution in [0.2, 0.25) is 0 Å². The second-order valence-electron chi connectivity index (χ2n) is 13.2. The zero-order chi connectivity index (χ0) is 34.4.